The molecule has 0 spiro atoms. The highest BCUT2D eigenvalue weighted by atomic mass is 32.1. The number of anilines is 1. The Morgan fingerprint density at radius 1 is 1.26 bits per heavy atom. The van der Waals surface area contributed by atoms with Crippen LogP contribution in [0.3, 0.4) is 0 Å². The molecule has 1 aromatic carbocycles. The van der Waals surface area contributed by atoms with E-state index in [2.05, 4.69) is 25.9 Å². The van der Waals surface area contributed by atoms with Gasteiger partial charge in [-0.1, -0.05) is 29.5 Å². The van der Waals surface area contributed by atoms with Crippen LogP contribution in [0.4, 0.5) is 10.5 Å². The molecule has 0 bridgehead atoms. The molecular weight excluding hydrogens is 312 g/mol. The van der Waals surface area contributed by atoms with Crippen LogP contribution in [-0.4, -0.2) is 32.4 Å². The van der Waals surface area contributed by atoms with E-state index in [0.29, 0.717) is 18.9 Å². The number of benzene rings is 1. The van der Waals surface area contributed by atoms with Crippen molar-refractivity contribution in [2.75, 3.05) is 11.9 Å². The normalized spacial score (nSPS) is 14.1. The molecule has 0 radical (unpaired) electrons. The Morgan fingerprint density at radius 3 is 2.87 bits per heavy atom. The summed E-state index contributed by atoms with van der Waals surface area (Å²) in [4.78, 5) is 12.6. The van der Waals surface area contributed by atoms with Gasteiger partial charge in [0.05, 0.1) is 0 Å². The van der Waals surface area contributed by atoms with Gasteiger partial charge in [0.1, 0.15) is 5.01 Å². The van der Waals surface area contributed by atoms with E-state index < -0.39 is 0 Å². The van der Waals surface area contributed by atoms with Gasteiger partial charge >= 0.3 is 6.03 Å². The highest BCUT2D eigenvalue weighted by Gasteiger charge is 2.29. The first kappa shape index (κ1) is 14.1. The van der Waals surface area contributed by atoms with E-state index in [9.17, 15) is 4.79 Å². The molecule has 118 valence electrons. The predicted octanol–water partition coefficient (Wildman–Crippen LogP) is 2.43. The van der Waals surface area contributed by atoms with Crippen LogP contribution in [0.1, 0.15) is 29.6 Å². The van der Waals surface area contributed by atoms with E-state index in [4.69, 9.17) is 0 Å². The summed E-state index contributed by atoms with van der Waals surface area (Å²) >= 11 is 1.53. The maximum Gasteiger partial charge on any atom is 0.319 e. The van der Waals surface area contributed by atoms with Crippen molar-refractivity contribution >= 4 is 28.0 Å². The molecule has 1 fully saturated rings. The third kappa shape index (κ3) is 3.16. The minimum absolute atomic E-state index is 0.210. The average molecular weight is 328 g/mol. The molecule has 0 saturated heterocycles. The lowest BCUT2D eigenvalue weighted by Crippen LogP contribution is -2.30. The molecule has 2 amide bonds. The van der Waals surface area contributed by atoms with Gasteiger partial charge < -0.3 is 10.6 Å². The number of carbonyl (C=O) groups is 1. The van der Waals surface area contributed by atoms with Gasteiger partial charge in [-0.2, -0.15) is 9.61 Å². The zero-order chi connectivity index (χ0) is 15.6. The van der Waals surface area contributed by atoms with Crippen LogP contribution >= 0.6 is 11.3 Å². The minimum atomic E-state index is -0.210. The lowest BCUT2D eigenvalue weighted by Gasteiger charge is -2.06. The molecule has 0 unspecified atom stereocenters. The number of fused-ring (bicyclic) bond motifs is 1. The highest BCUT2D eigenvalue weighted by Crippen LogP contribution is 2.39. The number of aromatic nitrogens is 4. The Hall–Kier alpha value is -2.48. The van der Waals surface area contributed by atoms with Crippen molar-refractivity contribution in [3.63, 3.8) is 0 Å². The Morgan fingerprint density at radius 2 is 2.09 bits per heavy atom. The first-order valence-electron chi connectivity index (χ1n) is 7.60. The summed E-state index contributed by atoms with van der Waals surface area (Å²) < 4.78 is 1.85. The summed E-state index contributed by atoms with van der Waals surface area (Å²) in [7, 11) is 0. The van der Waals surface area contributed by atoms with Crippen molar-refractivity contribution in [3.05, 3.63) is 41.2 Å². The van der Waals surface area contributed by atoms with Crippen LogP contribution in [0, 0.1) is 0 Å². The van der Waals surface area contributed by atoms with Gasteiger partial charge in [0.15, 0.2) is 5.82 Å². The van der Waals surface area contributed by atoms with Crippen LogP contribution in [0.5, 0.6) is 0 Å². The van der Waals surface area contributed by atoms with E-state index in [1.807, 2.05) is 34.8 Å². The maximum atomic E-state index is 11.8. The smallest absolute Gasteiger partial charge is 0.319 e. The summed E-state index contributed by atoms with van der Waals surface area (Å²) in [5.74, 6) is 1.49. The van der Waals surface area contributed by atoms with Crippen molar-refractivity contribution in [3.8, 4) is 0 Å². The number of hydrogen-bond donors (Lipinski definition) is 2. The standard InChI is InChI=1S/C15H16N6OS/c22-14(17-11-4-2-1-3-5-11)16-9-8-12-20-21-13(10-6-7-10)18-19-15(21)23-12/h1-5,10H,6-9H2,(H2,16,17,22). The lowest BCUT2D eigenvalue weighted by molar-refractivity contribution is 0.252. The summed E-state index contributed by atoms with van der Waals surface area (Å²) in [6.07, 6.45) is 3.03. The fourth-order valence-corrected chi connectivity index (χ4v) is 3.19. The second-order valence-corrected chi connectivity index (χ2v) is 6.56. The molecule has 1 aliphatic rings. The van der Waals surface area contributed by atoms with Gasteiger partial charge in [-0.25, -0.2) is 4.79 Å². The zero-order valence-corrected chi connectivity index (χ0v) is 13.2. The Bertz CT molecular complexity index is 823. The van der Waals surface area contributed by atoms with Gasteiger partial charge in [0.2, 0.25) is 4.96 Å². The van der Waals surface area contributed by atoms with Crippen LogP contribution in [-0.2, 0) is 6.42 Å². The van der Waals surface area contributed by atoms with Gasteiger partial charge in [-0.05, 0) is 25.0 Å². The van der Waals surface area contributed by atoms with Crippen LogP contribution in [0.2, 0.25) is 0 Å². The number of hydrogen-bond acceptors (Lipinski definition) is 5. The van der Waals surface area contributed by atoms with Crippen LogP contribution in [0.15, 0.2) is 30.3 Å². The van der Waals surface area contributed by atoms with E-state index in [1.165, 1.54) is 24.2 Å². The molecule has 23 heavy (non-hydrogen) atoms. The van der Waals surface area contributed by atoms with Gasteiger partial charge in [-0.3, -0.25) is 0 Å². The quantitative estimate of drug-likeness (QED) is 0.753. The van der Waals surface area contributed by atoms with Crippen LogP contribution < -0.4 is 10.6 Å². The van der Waals surface area contributed by atoms with Gasteiger partial charge in [0.25, 0.3) is 0 Å². The molecule has 0 aliphatic heterocycles. The average Bonchev–Trinajstić information content (AvgIpc) is 3.19. The Labute approximate surface area is 136 Å². The Kier molecular flexibility index (Phi) is 3.66. The SMILES string of the molecule is O=C(NCCc1nn2c(C3CC3)nnc2s1)Nc1ccccc1. The molecule has 3 aromatic rings. The fraction of sp³-hybridized carbons (Fsp3) is 0.333. The largest absolute Gasteiger partial charge is 0.337 e. The van der Waals surface area contributed by atoms with Crippen LogP contribution in [0.25, 0.3) is 4.96 Å². The first-order valence-corrected chi connectivity index (χ1v) is 8.42. The van der Waals surface area contributed by atoms with Crippen molar-refractivity contribution in [2.45, 2.75) is 25.2 Å². The second-order valence-electron chi connectivity index (χ2n) is 5.52. The van der Waals surface area contributed by atoms with Crippen molar-refractivity contribution in [1.29, 1.82) is 0 Å². The summed E-state index contributed by atoms with van der Waals surface area (Å²) in [6, 6.07) is 9.16. The predicted molar refractivity (Wildman–Crippen MR) is 87.8 cm³/mol. The van der Waals surface area contributed by atoms with Gasteiger partial charge in [-0.15, -0.1) is 10.2 Å². The van der Waals surface area contributed by atoms with Crippen molar-refractivity contribution in [1.82, 2.24) is 25.1 Å². The molecule has 0 atom stereocenters. The number of amides is 2. The molecule has 7 nitrogen and oxygen atoms in total. The summed E-state index contributed by atoms with van der Waals surface area (Å²) in [5.41, 5.74) is 0.776. The van der Waals surface area contributed by atoms with E-state index >= 15 is 0 Å². The number of para-hydroxylation sites is 1. The molecule has 2 aromatic heterocycles. The third-order valence-corrected chi connectivity index (χ3v) is 4.61. The first-order chi connectivity index (χ1) is 11.3. The molecule has 1 saturated carbocycles. The van der Waals surface area contributed by atoms with Gasteiger partial charge in [0, 0.05) is 24.6 Å². The lowest BCUT2D eigenvalue weighted by atomic mass is 10.3. The summed E-state index contributed by atoms with van der Waals surface area (Å²) in [6.45, 7) is 0.529. The van der Waals surface area contributed by atoms with E-state index in [-0.39, 0.29) is 6.03 Å². The fourth-order valence-electron chi connectivity index (χ4n) is 2.35. The minimum Gasteiger partial charge on any atom is -0.337 e. The Balaban J connectivity index is 1.31. The molecule has 8 heteroatoms. The highest BCUT2D eigenvalue weighted by molar-refractivity contribution is 7.16. The zero-order valence-electron chi connectivity index (χ0n) is 12.4. The molecular formula is C15H16N6OS. The second kappa shape index (κ2) is 5.96. The number of nitrogens with one attached hydrogen (secondary N) is 2. The van der Waals surface area contributed by atoms with E-state index in [0.717, 1.165) is 21.5 Å². The third-order valence-electron chi connectivity index (χ3n) is 3.66. The number of nitrogens with zero attached hydrogens (tertiary/aromatic N) is 4. The van der Waals surface area contributed by atoms with Crippen molar-refractivity contribution in [2.24, 2.45) is 0 Å². The number of urea groups is 1. The van der Waals surface area contributed by atoms with E-state index in [1.54, 1.807) is 0 Å². The molecule has 2 N–H and O–H groups in total. The number of rotatable bonds is 5. The topological polar surface area (TPSA) is 84.2 Å². The molecule has 4 rings (SSSR count). The number of carbonyl (C=O) groups excluding carboxylic acids is 1. The monoisotopic (exact) mass is 328 g/mol. The summed E-state index contributed by atoms with van der Waals surface area (Å²) in [5, 5.41) is 19.5. The molecule has 2 heterocycles. The molecule has 1 aliphatic carbocycles. The maximum absolute atomic E-state index is 11.8. The van der Waals surface area contributed by atoms with Crippen molar-refractivity contribution < 1.29 is 4.79 Å².